The van der Waals surface area contributed by atoms with E-state index in [0.29, 0.717) is 26.2 Å². The highest BCUT2D eigenvalue weighted by atomic mass is 32.2. The van der Waals surface area contributed by atoms with E-state index in [-0.39, 0.29) is 0 Å². The van der Waals surface area contributed by atoms with Crippen molar-refractivity contribution in [1.82, 2.24) is 9.21 Å². The molecule has 0 bridgehead atoms. The Hall–Kier alpha value is -0.700. The van der Waals surface area contributed by atoms with Gasteiger partial charge in [-0.15, -0.1) is 0 Å². The normalized spacial score (nSPS) is 21.9. The van der Waals surface area contributed by atoms with Gasteiger partial charge in [-0.3, -0.25) is 4.79 Å². The summed E-state index contributed by atoms with van der Waals surface area (Å²) in [5, 5.41) is 8.57. The highest BCUT2D eigenvalue weighted by Crippen LogP contribution is 2.07. The van der Waals surface area contributed by atoms with E-state index in [0.717, 1.165) is 0 Å². The average Bonchev–Trinajstić information content (AvgIpc) is 2.17. The van der Waals surface area contributed by atoms with E-state index in [2.05, 4.69) is 0 Å². The maximum absolute atomic E-state index is 11.8. The van der Waals surface area contributed by atoms with Crippen molar-refractivity contribution >= 4 is 16.0 Å². The van der Waals surface area contributed by atoms with Crippen LogP contribution in [0.3, 0.4) is 0 Å². The fraction of sp³-hybridized carbons (Fsp3) is 0.875. The summed E-state index contributed by atoms with van der Waals surface area (Å²) >= 11 is 0. The van der Waals surface area contributed by atoms with Crippen LogP contribution in [0.1, 0.15) is 0 Å². The van der Waals surface area contributed by atoms with Gasteiger partial charge in [0.1, 0.15) is 6.04 Å². The minimum Gasteiger partial charge on any atom is -0.480 e. The van der Waals surface area contributed by atoms with Gasteiger partial charge in [0.25, 0.3) is 0 Å². The van der Waals surface area contributed by atoms with Crippen LogP contribution < -0.4 is 5.73 Å². The smallest absolute Gasteiger partial charge is 0.321 e. The number of nitrogens with two attached hydrogens (primary N) is 1. The lowest BCUT2D eigenvalue weighted by molar-refractivity contribution is -0.137. The Morgan fingerprint density at radius 3 is 2.31 bits per heavy atom. The number of carboxylic acids is 1. The van der Waals surface area contributed by atoms with Crippen molar-refractivity contribution in [3.63, 3.8) is 0 Å². The third-order valence-electron chi connectivity index (χ3n) is 2.56. The van der Waals surface area contributed by atoms with Crippen molar-refractivity contribution in [2.45, 2.75) is 6.04 Å². The molecule has 0 spiro atoms. The van der Waals surface area contributed by atoms with Crippen LogP contribution in [-0.2, 0) is 14.8 Å². The third kappa shape index (κ3) is 3.41. The summed E-state index contributed by atoms with van der Waals surface area (Å²) in [5.74, 6) is -1.83. The van der Waals surface area contributed by atoms with Gasteiger partial charge in [0, 0.05) is 26.2 Å². The Balaban J connectivity index is 2.60. The van der Waals surface area contributed by atoms with Gasteiger partial charge in [-0.25, -0.2) is 8.42 Å². The molecule has 1 atom stereocenters. The number of carbonyl (C=O) groups is 1. The van der Waals surface area contributed by atoms with Crippen LogP contribution in [0.5, 0.6) is 0 Å². The predicted molar refractivity (Wildman–Crippen MR) is 58.5 cm³/mol. The Morgan fingerprint density at radius 2 is 1.88 bits per heavy atom. The molecule has 1 aliphatic rings. The maximum atomic E-state index is 11.8. The Kier molecular flexibility index (Phi) is 4.25. The molecule has 16 heavy (non-hydrogen) atoms. The number of rotatable bonds is 4. The summed E-state index contributed by atoms with van der Waals surface area (Å²) in [6, 6.07) is -1.36. The van der Waals surface area contributed by atoms with Crippen molar-refractivity contribution < 1.29 is 18.3 Å². The van der Waals surface area contributed by atoms with Crippen molar-refractivity contribution in [2.24, 2.45) is 5.73 Å². The molecule has 0 amide bonds. The molecule has 1 heterocycles. The number of likely N-dealkylation sites (N-methyl/N-ethyl adjacent to an activating group) is 1. The van der Waals surface area contributed by atoms with Crippen LogP contribution >= 0.6 is 0 Å². The summed E-state index contributed by atoms with van der Waals surface area (Å²) in [4.78, 5) is 12.5. The standard InChI is InChI=1S/C8H17N3O4S/c1-10-2-4-11(5-3-10)16(14,15)6-7(9)8(12)13/h7H,2-6,9H2,1H3,(H,12,13). The van der Waals surface area contributed by atoms with Crippen LogP contribution in [0, 0.1) is 0 Å². The van der Waals surface area contributed by atoms with Crippen LogP contribution in [0.25, 0.3) is 0 Å². The fourth-order valence-electron chi connectivity index (χ4n) is 1.47. The molecule has 1 rings (SSSR count). The molecule has 1 fully saturated rings. The van der Waals surface area contributed by atoms with Gasteiger partial charge in [0.05, 0.1) is 5.75 Å². The molecule has 7 nitrogen and oxygen atoms in total. The second-order valence-corrected chi connectivity index (χ2v) is 5.94. The van der Waals surface area contributed by atoms with Gasteiger partial charge >= 0.3 is 5.97 Å². The predicted octanol–water partition coefficient (Wildman–Crippen LogP) is -2.02. The van der Waals surface area contributed by atoms with Crippen LogP contribution in [0.2, 0.25) is 0 Å². The molecule has 0 aliphatic carbocycles. The molecule has 8 heteroatoms. The van der Waals surface area contributed by atoms with E-state index in [1.807, 2.05) is 11.9 Å². The topological polar surface area (TPSA) is 104 Å². The Labute approximate surface area is 94.9 Å². The zero-order valence-electron chi connectivity index (χ0n) is 9.16. The number of aliphatic carboxylic acids is 1. The summed E-state index contributed by atoms with van der Waals surface area (Å²) in [7, 11) is -1.64. The van der Waals surface area contributed by atoms with Gasteiger partial charge in [0.15, 0.2) is 0 Å². The number of nitrogens with zero attached hydrogens (tertiary/aromatic N) is 2. The summed E-state index contributed by atoms with van der Waals surface area (Å²) in [6.45, 7) is 2.10. The minimum atomic E-state index is -3.55. The van der Waals surface area contributed by atoms with E-state index in [9.17, 15) is 13.2 Å². The Morgan fingerprint density at radius 1 is 1.38 bits per heavy atom. The molecule has 0 aromatic carbocycles. The summed E-state index contributed by atoms with van der Waals surface area (Å²) in [6.07, 6.45) is 0. The average molecular weight is 251 g/mol. The van der Waals surface area contributed by atoms with E-state index in [1.165, 1.54) is 4.31 Å². The maximum Gasteiger partial charge on any atom is 0.321 e. The zero-order valence-corrected chi connectivity index (χ0v) is 9.98. The lowest BCUT2D eigenvalue weighted by atomic mass is 10.4. The number of hydrogen-bond donors (Lipinski definition) is 2. The molecule has 1 unspecified atom stereocenters. The zero-order chi connectivity index (χ0) is 12.3. The highest BCUT2D eigenvalue weighted by molar-refractivity contribution is 7.89. The van der Waals surface area contributed by atoms with Crippen molar-refractivity contribution in [3.05, 3.63) is 0 Å². The molecule has 0 aromatic rings. The molecule has 0 aromatic heterocycles. The minimum absolute atomic E-state index is 0.394. The van der Waals surface area contributed by atoms with E-state index in [4.69, 9.17) is 10.8 Å². The molecule has 0 saturated carbocycles. The van der Waals surface area contributed by atoms with Gasteiger partial charge in [-0.2, -0.15) is 4.31 Å². The van der Waals surface area contributed by atoms with Crippen LogP contribution in [0.4, 0.5) is 0 Å². The van der Waals surface area contributed by atoms with Crippen molar-refractivity contribution in [1.29, 1.82) is 0 Å². The van der Waals surface area contributed by atoms with Gasteiger partial charge in [-0.05, 0) is 7.05 Å². The SMILES string of the molecule is CN1CCN(S(=O)(=O)CC(N)C(=O)O)CC1. The second-order valence-electron chi connectivity index (χ2n) is 3.93. The first kappa shape index (κ1) is 13.4. The van der Waals surface area contributed by atoms with Gasteiger partial charge in [0.2, 0.25) is 10.0 Å². The number of piperazine rings is 1. The largest absolute Gasteiger partial charge is 0.480 e. The van der Waals surface area contributed by atoms with Crippen LogP contribution in [0.15, 0.2) is 0 Å². The fourth-order valence-corrected chi connectivity index (χ4v) is 3.00. The second kappa shape index (κ2) is 5.09. The summed E-state index contributed by atoms with van der Waals surface area (Å²) < 4.78 is 24.8. The van der Waals surface area contributed by atoms with Crippen molar-refractivity contribution in [3.8, 4) is 0 Å². The molecule has 94 valence electrons. The molecular formula is C8H17N3O4S. The number of hydrogen-bond acceptors (Lipinski definition) is 5. The van der Waals surface area contributed by atoms with E-state index in [1.54, 1.807) is 0 Å². The Bertz CT molecular complexity index is 348. The monoisotopic (exact) mass is 251 g/mol. The van der Waals surface area contributed by atoms with Crippen molar-refractivity contribution in [2.75, 3.05) is 39.0 Å². The highest BCUT2D eigenvalue weighted by Gasteiger charge is 2.29. The first-order valence-corrected chi connectivity index (χ1v) is 6.58. The van der Waals surface area contributed by atoms with E-state index < -0.39 is 27.8 Å². The van der Waals surface area contributed by atoms with Gasteiger partial charge < -0.3 is 15.7 Å². The molecule has 1 saturated heterocycles. The third-order valence-corrected chi connectivity index (χ3v) is 4.50. The molecule has 0 radical (unpaired) electrons. The quantitative estimate of drug-likeness (QED) is 0.597. The van der Waals surface area contributed by atoms with Gasteiger partial charge in [-0.1, -0.05) is 0 Å². The lowest BCUT2D eigenvalue weighted by Crippen LogP contribution is -2.50. The van der Waals surface area contributed by atoms with E-state index >= 15 is 0 Å². The van der Waals surface area contributed by atoms with Crippen LogP contribution in [-0.4, -0.2) is 73.7 Å². The molecule has 3 N–H and O–H groups in total. The lowest BCUT2D eigenvalue weighted by Gasteiger charge is -2.31. The number of carboxylic acid groups (broad SMARTS) is 1. The first-order chi connectivity index (χ1) is 7.33. The first-order valence-electron chi connectivity index (χ1n) is 4.97. The molecular weight excluding hydrogens is 234 g/mol. The molecule has 1 aliphatic heterocycles. The number of sulfonamides is 1. The summed E-state index contributed by atoms with van der Waals surface area (Å²) in [5.41, 5.74) is 5.22.